The maximum Gasteiger partial charge on any atom is 0.228 e. The number of pyridine rings is 1. The molecule has 0 bridgehead atoms. The summed E-state index contributed by atoms with van der Waals surface area (Å²) in [5, 5.41) is 12.2. The molecular formula is C11H10N6O. The molecule has 0 N–H and O–H groups in total. The molecule has 1 aromatic rings. The zero-order valence-corrected chi connectivity index (χ0v) is 9.52. The zero-order chi connectivity index (χ0) is 13.0. The van der Waals surface area contributed by atoms with Gasteiger partial charge in [-0.3, -0.25) is 9.69 Å². The van der Waals surface area contributed by atoms with Crippen LogP contribution in [0.25, 0.3) is 10.4 Å². The SMILES string of the molecule is N#Cc1cccc(N2CC(CN=[N+]=[N-])CC2=O)n1. The van der Waals surface area contributed by atoms with Crippen molar-refractivity contribution < 1.29 is 4.79 Å². The Morgan fingerprint density at radius 1 is 1.67 bits per heavy atom. The van der Waals surface area contributed by atoms with Gasteiger partial charge in [0.2, 0.25) is 5.91 Å². The summed E-state index contributed by atoms with van der Waals surface area (Å²) in [5.74, 6) is 0.430. The van der Waals surface area contributed by atoms with Crippen molar-refractivity contribution in [2.45, 2.75) is 6.42 Å². The Labute approximate surface area is 103 Å². The highest BCUT2D eigenvalue weighted by Crippen LogP contribution is 2.23. The van der Waals surface area contributed by atoms with Crippen LogP contribution in [0.4, 0.5) is 5.82 Å². The first-order valence-electron chi connectivity index (χ1n) is 5.43. The largest absolute Gasteiger partial charge is 0.296 e. The first-order chi connectivity index (χ1) is 8.74. The summed E-state index contributed by atoms with van der Waals surface area (Å²) in [6, 6.07) is 6.90. The lowest BCUT2D eigenvalue weighted by molar-refractivity contribution is -0.117. The maximum absolute atomic E-state index is 11.8. The molecule has 18 heavy (non-hydrogen) atoms. The predicted octanol–water partition coefficient (Wildman–Crippen LogP) is 1.62. The summed E-state index contributed by atoms with van der Waals surface area (Å²) in [7, 11) is 0. The smallest absolute Gasteiger partial charge is 0.228 e. The van der Waals surface area contributed by atoms with E-state index in [9.17, 15) is 4.79 Å². The van der Waals surface area contributed by atoms with Crippen molar-refractivity contribution in [3.63, 3.8) is 0 Å². The fourth-order valence-corrected chi connectivity index (χ4v) is 1.91. The normalized spacial score (nSPS) is 18.3. The third kappa shape index (κ3) is 2.39. The van der Waals surface area contributed by atoms with Crippen LogP contribution in [0.5, 0.6) is 0 Å². The first-order valence-corrected chi connectivity index (χ1v) is 5.43. The van der Waals surface area contributed by atoms with E-state index in [1.54, 1.807) is 18.2 Å². The van der Waals surface area contributed by atoms with Crippen LogP contribution in [0.15, 0.2) is 23.3 Å². The highest BCUT2D eigenvalue weighted by atomic mass is 16.2. The fraction of sp³-hybridized carbons (Fsp3) is 0.364. The lowest BCUT2D eigenvalue weighted by atomic mass is 10.1. The van der Waals surface area contributed by atoms with E-state index in [2.05, 4.69) is 15.0 Å². The lowest BCUT2D eigenvalue weighted by Gasteiger charge is -2.15. The number of carbonyl (C=O) groups is 1. The summed E-state index contributed by atoms with van der Waals surface area (Å²) < 4.78 is 0. The quantitative estimate of drug-likeness (QED) is 0.456. The van der Waals surface area contributed by atoms with Crippen LogP contribution in [-0.4, -0.2) is 24.0 Å². The van der Waals surface area contributed by atoms with Gasteiger partial charge in [-0.1, -0.05) is 11.2 Å². The predicted molar refractivity (Wildman–Crippen MR) is 63.4 cm³/mol. The van der Waals surface area contributed by atoms with E-state index >= 15 is 0 Å². The van der Waals surface area contributed by atoms with Crippen LogP contribution in [0.1, 0.15) is 12.1 Å². The number of nitriles is 1. The number of nitrogens with zero attached hydrogens (tertiary/aromatic N) is 6. The summed E-state index contributed by atoms with van der Waals surface area (Å²) in [5.41, 5.74) is 8.53. The molecule has 0 spiro atoms. The van der Waals surface area contributed by atoms with Crippen molar-refractivity contribution in [1.82, 2.24) is 4.98 Å². The Morgan fingerprint density at radius 2 is 2.50 bits per heavy atom. The van der Waals surface area contributed by atoms with Gasteiger partial charge in [0.1, 0.15) is 17.6 Å². The average molecular weight is 242 g/mol. The second-order valence-corrected chi connectivity index (χ2v) is 3.98. The third-order valence-electron chi connectivity index (χ3n) is 2.73. The Balaban J connectivity index is 2.16. The number of carbonyl (C=O) groups excluding carboxylic acids is 1. The van der Waals surface area contributed by atoms with E-state index in [4.69, 9.17) is 10.8 Å². The minimum atomic E-state index is -0.0595. The molecule has 1 unspecified atom stereocenters. The Bertz CT molecular complexity index is 557. The van der Waals surface area contributed by atoms with Crippen molar-refractivity contribution in [3.05, 3.63) is 34.3 Å². The second kappa shape index (κ2) is 5.17. The number of hydrogen-bond donors (Lipinski definition) is 0. The molecule has 0 saturated carbocycles. The number of hydrogen-bond acceptors (Lipinski definition) is 4. The number of rotatable bonds is 3. The van der Waals surface area contributed by atoms with Gasteiger partial charge >= 0.3 is 0 Å². The Morgan fingerprint density at radius 3 is 3.22 bits per heavy atom. The molecule has 1 fully saturated rings. The van der Waals surface area contributed by atoms with E-state index in [1.165, 1.54) is 4.90 Å². The first kappa shape index (κ1) is 11.9. The second-order valence-electron chi connectivity index (χ2n) is 3.98. The van der Waals surface area contributed by atoms with E-state index in [0.29, 0.717) is 25.3 Å². The minimum absolute atomic E-state index is 0.0148. The number of aromatic nitrogens is 1. The number of amides is 1. The monoisotopic (exact) mass is 242 g/mol. The van der Waals surface area contributed by atoms with Crippen LogP contribution in [-0.2, 0) is 4.79 Å². The zero-order valence-electron chi connectivity index (χ0n) is 9.52. The Kier molecular flexibility index (Phi) is 3.41. The van der Waals surface area contributed by atoms with Crippen molar-refractivity contribution in [3.8, 4) is 6.07 Å². The topological polar surface area (TPSA) is 106 Å². The molecule has 90 valence electrons. The van der Waals surface area contributed by atoms with Crippen molar-refractivity contribution in [2.24, 2.45) is 11.0 Å². The molecule has 1 atom stereocenters. The number of anilines is 1. The van der Waals surface area contributed by atoms with Gasteiger partial charge in [-0.05, 0) is 23.6 Å². The van der Waals surface area contributed by atoms with E-state index < -0.39 is 0 Å². The summed E-state index contributed by atoms with van der Waals surface area (Å²) in [6.45, 7) is 0.774. The molecule has 1 aliphatic heterocycles. The highest BCUT2D eigenvalue weighted by molar-refractivity contribution is 5.94. The summed E-state index contributed by atoms with van der Waals surface area (Å²) >= 11 is 0. The third-order valence-corrected chi connectivity index (χ3v) is 2.73. The van der Waals surface area contributed by atoms with Crippen molar-refractivity contribution >= 4 is 11.7 Å². The van der Waals surface area contributed by atoms with Gasteiger partial charge in [0.15, 0.2) is 0 Å². The molecule has 0 radical (unpaired) electrons. The van der Waals surface area contributed by atoms with Gasteiger partial charge in [-0.25, -0.2) is 4.98 Å². The van der Waals surface area contributed by atoms with Crippen LogP contribution in [0, 0.1) is 17.2 Å². The molecule has 7 heteroatoms. The summed E-state index contributed by atoms with van der Waals surface area (Å²) in [4.78, 5) is 20.1. The molecule has 1 aromatic heterocycles. The molecule has 7 nitrogen and oxygen atoms in total. The van der Waals surface area contributed by atoms with Crippen molar-refractivity contribution in [1.29, 1.82) is 5.26 Å². The maximum atomic E-state index is 11.8. The Hall–Kier alpha value is -2.58. The standard InChI is InChI=1S/C11H10N6O/c12-5-9-2-1-3-10(15-9)17-7-8(4-11(17)18)6-14-16-13/h1-3,8H,4,6-7H2. The van der Waals surface area contributed by atoms with Crippen LogP contribution >= 0.6 is 0 Å². The van der Waals surface area contributed by atoms with Gasteiger partial charge in [0.25, 0.3) is 0 Å². The van der Waals surface area contributed by atoms with Gasteiger partial charge in [-0.2, -0.15) is 5.26 Å². The van der Waals surface area contributed by atoms with Gasteiger partial charge in [0, 0.05) is 24.4 Å². The number of azide groups is 1. The van der Waals surface area contributed by atoms with Crippen molar-refractivity contribution in [2.75, 3.05) is 18.0 Å². The molecule has 2 heterocycles. The van der Waals surface area contributed by atoms with Crippen LogP contribution < -0.4 is 4.90 Å². The molecule has 0 aromatic carbocycles. The molecule has 2 rings (SSSR count). The molecule has 1 saturated heterocycles. The molecular weight excluding hydrogens is 232 g/mol. The molecule has 0 aliphatic carbocycles. The van der Waals surface area contributed by atoms with Crippen LogP contribution in [0.2, 0.25) is 0 Å². The highest BCUT2D eigenvalue weighted by Gasteiger charge is 2.30. The minimum Gasteiger partial charge on any atom is -0.296 e. The van der Waals surface area contributed by atoms with Gasteiger partial charge < -0.3 is 0 Å². The van der Waals surface area contributed by atoms with E-state index in [1.807, 2.05) is 6.07 Å². The molecule has 1 amide bonds. The van der Waals surface area contributed by atoms with E-state index in [0.717, 1.165) is 0 Å². The van der Waals surface area contributed by atoms with Crippen LogP contribution in [0.3, 0.4) is 0 Å². The molecule has 1 aliphatic rings. The summed E-state index contributed by atoms with van der Waals surface area (Å²) in [6.07, 6.45) is 0.345. The van der Waals surface area contributed by atoms with Gasteiger partial charge in [0.05, 0.1) is 0 Å². The fourth-order valence-electron chi connectivity index (χ4n) is 1.91. The average Bonchev–Trinajstić information content (AvgIpc) is 2.77. The van der Waals surface area contributed by atoms with E-state index in [-0.39, 0.29) is 17.5 Å². The lowest BCUT2D eigenvalue weighted by Crippen LogP contribution is -2.25. The van der Waals surface area contributed by atoms with Gasteiger partial charge in [-0.15, -0.1) is 0 Å².